The molecule has 0 aliphatic heterocycles. The third-order valence-corrected chi connectivity index (χ3v) is 5.37. The maximum Gasteiger partial charge on any atom is 0.261 e. The topological polar surface area (TPSA) is 71.8 Å². The van der Waals surface area contributed by atoms with Crippen LogP contribution in [-0.4, -0.2) is 37.0 Å². The van der Waals surface area contributed by atoms with Gasteiger partial charge in [-0.2, -0.15) is 0 Å². The summed E-state index contributed by atoms with van der Waals surface area (Å²) in [5.41, 5.74) is 1.48. The summed E-state index contributed by atoms with van der Waals surface area (Å²) >= 11 is 0. The Morgan fingerprint density at radius 2 is 1.76 bits per heavy atom. The first-order valence-electron chi connectivity index (χ1n) is 9.51. The van der Waals surface area contributed by atoms with Gasteiger partial charge in [0.1, 0.15) is 5.52 Å². The van der Waals surface area contributed by atoms with Crippen LogP contribution in [0.2, 0.25) is 0 Å². The quantitative estimate of drug-likeness (QED) is 0.610. The highest BCUT2D eigenvalue weighted by Gasteiger charge is 2.32. The van der Waals surface area contributed by atoms with E-state index in [2.05, 4.69) is 4.98 Å². The predicted octanol–water partition coefficient (Wildman–Crippen LogP) is 3.34. The molecule has 2 aromatic carbocycles. The number of hydrogen-bond donors (Lipinski definition) is 0. The summed E-state index contributed by atoms with van der Waals surface area (Å²) < 4.78 is 23.8. The first-order chi connectivity index (χ1) is 14.2. The Labute approximate surface area is 168 Å². The third kappa shape index (κ3) is 3.53. The van der Waals surface area contributed by atoms with Crippen LogP contribution in [0, 0.1) is 0 Å². The summed E-state index contributed by atoms with van der Waals surface area (Å²) in [7, 11) is 4.57. The Morgan fingerprint density at radius 3 is 2.41 bits per heavy atom. The van der Waals surface area contributed by atoms with Crippen molar-refractivity contribution < 1.29 is 18.9 Å². The van der Waals surface area contributed by atoms with Gasteiger partial charge < -0.3 is 18.9 Å². The van der Waals surface area contributed by atoms with E-state index in [1.54, 1.807) is 17.0 Å². The minimum Gasteiger partial charge on any atom is -0.493 e. The molecule has 0 atom stereocenters. The third-order valence-electron chi connectivity index (χ3n) is 5.37. The Balaban J connectivity index is 1.55. The molecule has 7 nitrogen and oxygen atoms in total. The SMILES string of the molecule is COc1cc2c(=O)n(C3CC(OCc4ccccc4)C3)cnc2c(OC)c1OC. The average Bonchev–Trinajstić information content (AvgIpc) is 2.73. The molecule has 0 bridgehead atoms. The number of methoxy groups -OCH3 is 3. The van der Waals surface area contributed by atoms with E-state index < -0.39 is 0 Å². The minimum absolute atomic E-state index is 0.0688. The monoisotopic (exact) mass is 396 g/mol. The standard InChI is InChI=1S/C22H24N2O5/c1-26-18-11-17-19(21(28-3)20(18)27-2)23-13-24(22(17)25)15-9-16(10-15)29-12-14-7-5-4-6-8-14/h4-8,11,13,15-16H,9-10,12H2,1-3H3. The zero-order valence-electron chi connectivity index (χ0n) is 16.8. The molecular formula is C22H24N2O5. The molecule has 0 N–H and O–H groups in total. The lowest BCUT2D eigenvalue weighted by atomic mass is 9.89. The van der Waals surface area contributed by atoms with E-state index in [-0.39, 0.29) is 17.7 Å². The van der Waals surface area contributed by atoms with Crippen molar-refractivity contribution in [2.75, 3.05) is 21.3 Å². The fourth-order valence-electron chi connectivity index (χ4n) is 3.69. The molecule has 1 heterocycles. The van der Waals surface area contributed by atoms with Crippen LogP contribution in [0.15, 0.2) is 47.5 Å². The first-order valence-corrected chi connectivity index (χ1v) is 9.51. The van der Waals surface area contributed by atoms with Gasteiger partial charge in [-0.25, -0.2) is 4.98 Å². The van der Waals surface area contributed by atoms with Crippen LogP contribution in [0.3, 0.4) is 0 Å². The molecule has 29 heavy (non-hydrogen) atoms. The molecule has 0 unspecified atom stereocenters. The first kappa shape index (κ1) is 19.3. The average molecular weight is 396 g/mol. The van der Waals surface area contributed by atoms with Gasteiger partial charge in [-0.15, -0.1) is 0 Å². The number of hydrogen-bond acceptors (Lipinski definition) is 6. The van der Waals surface area contributed by atoms with Crippen molar-refractivity contribution in [3.63, 3.8) is 0 Å². The van der Waals surface area contributed by atoms with Crippen LogP contribution in [-0.2, 0) is 11.3 Å². The Kier molecular flexibility index (Phi) is 5.40. The Bertz CT molecular complexity index is 1060. The number of nitrogens with zero attached hydrogens (tertiary/aromatic N) is 2. The minimum atomic E-state index is -0.124. The maximum atomic E-state index is 13.1. The van der Waals surface area contributed by atoms with Crippen molar-refractivity contribution in [1.29, 1.82) is 0 Å². The summed E-state index contributed by atoms with van der Waals surface area (Å²) in [5, 5.41) is 0.440. The lowest BCUT2D eigenvalue weighted by molar-refractivity contribution is -0.0365. The fourth-order valence-corrected chi connectivity index (χ4v) is 3.69. The Hall–Kier alpha value is -3.06. The normalized spacial score (nSPS) is 18.3. The lowest BCUT2D eigenvalue weighted by Crippen LogP contribution is -2.38. The molecule has 0 amide bonds. The van der Waals surface area contributed by atoms with Gasteiger partial charge in [-0.3, -0.25) is 9.36 Å². The number of fused-ring (bicyclic) bond motifs is 1. The van der Waals surface area contributed by atoms with E-state index in [1.165, 1.54) is 21.3 Å². The van der Waals surface area contributed by atoms with E-state index in [4.69, 9.17) is 18.9 Å². The van der Waals surface area contributed by atoms with Crippen LogP contribution in [0.25, 0.3) is 10.9 Å². The highest BCUT2D eigenvalue weighted by atomic mass is 16.5. The lowest BCUT2D eigenvalue weighted by Gasteiger charge is -2.36. The molecule has 7 heteroatoms. The van der Waals surface area contributed by atoms with E-state index in [0.29, 0.717) is 34.8 Å². The van der Waals surface area contributed by atoms with Crippen molar-refractivity contribution >= 4 is 10.9 Å². The van der Waals surface area contributed by atoms with Crippen molar-refractivity contribution in [2.45, 2.75) is 31.6 Å². The predicted molar refractivity (Wildman–Crippen MR) is 109 cm³/mol. The van der Waals surface area contributed by atoms with Gasteiger partial charge in [0.05, 0.1) is 45.8 Å². The zero-order chi connectivity index (χ0) is 20.4. The van der Waals surface area contributed by atoms with Crippen molar-refractivity contribution in [2.24, 2.45) is 0 Å². The summed E-state index contributed by atoms with van der Waals surface area (Å²) in [4.78, 5) is 17.6. The summed E-state index contributed by atoms with van der Waals surface area (Å²) in [6.45, 7) is 0.581. The maximum absolute atomic E-state index is 13.1. The van der Waals surface area contributed by atoms with Crippen molar-refractivity contribution in [3.8, 4) is 17.2 Å². The number of aromatic nitrogens is 2. The number of rotatable bonds is 7. The molecule has 3 aromatic rings. The van der Waals surface area contributed by atoms with E-state index in [0.717, 1.165) is 18.4 Å². The number of benzene rings is 2. The smallest absolute Gasteiger partial charge is 0.261 e. The van der Waals surface area contributed by atoms with Gasteiger partial charge in [-0.05, 0) is 24.5 Å². The molecule has 1 aliphatic carbocycles. The highest BCUT2D eigenvalue weighted by molar-refractivity contribution is 5.89. The largest absolute Gasteiger partial charge is 0.493 e. The summed E-state index contributed by atoms with van der Waals surface area (Å²) in [6, 6.07) is 11.8. The molecule has 152 valence electrons. The van der Waals surface area contributed by atoms with Gasteiger partial charge in [0.2, 0.25) is 5.75 Å². The highest BCUT2D eigenvalue weighted by Crippen LogP contribution is 2.42. The van der Waals surface area contributed by atoms with E-state index in [9.17, 15) is 4.79 Å². The molecule has 1 aliphatic rings. The van der Waals surface area contributed by atoms with Crippen molar-refractivity contribution in [1.82, 2.24) is 9.55 Å². The van der Waals surface area contributed by atoms with E-state index >= 15 is 0 Å². The van der Waals surface area contributed by atoms with Crippen molar-refractivity contribution in [3.05, 3.63) is 58.6 Å². The van der Waals surface area contributed by atoms with Gasteiger partial charge in [0, 0.05) is 6.04 Å². The second-order valence-corrected chi connectivity index (χ2v) is 7.04. The second-order valence-electron chi connectivity index (χ2n) is 7.04. The Morgan fingerprint density at radius 1 is 1.03 bits per heavy atom. The van der Waals surface area contributed by atoms with Crippen LogP contribution >= 0.6 is 0 Å². The summed E-state index contributed by atoms with van der Waals surface area (Å²) in [6.07, 6.45) is 3.29. The van der Waals surface area contributed by atoms with Crippen LogP contribution in [0.5, 0.6) is 17.2 Å². The molecular weight excluding hydrogens is 372 g/mol. The molecule has 0 radical (unpaired) electrons. The van der Waals surface area contributed by atoms with Crippen LogP contribution in [0.1, 0.15) is 24.4 Å². The molecule has 1 aromatic heterocycles. The van der Waals surface area contributed by atoms with E-state index in [1.807, 2.05) is 30.3 Å². The molecule has 0 saturated heterocycles. The van der Waals surface area contributed by atoms with Gasteiger partial charge >= 0.3 is 0 Å². The molecule has 0 spiro atoms. The molecule has 4 rings (SSSR count). The number of ether oxygens (including phenoxy) is 4. The van der Waals surface area contributed by atoms with Gasteiger partial charge in [0.15, 0.2) is 11.5 Å². The van der Waals surface area contributed by atoms with Gasteiger partial charge in [-0.1, -0.05) is 30.3 Å². The van der Waals surface area contributed by atoms with Crippen LogP contribution in [0.4, 0.5) is 0 Å². The second kappa shape index (κ2) is 8.13. The van der Waals surface area contributed by atoms with Crippen LogP contribution < -0.4 is 19.8 Å². The van der Waals surface area contributed by atoms with Gasteiger partial charge in [0.25, 0.3) is 5.56 Å². The molecule has 1 fully saturated rings. The fraction of sp³-hybridized carbons (Fsp3) is 0.364. The molecule has 1 saturated carbocycles. The summed E-state index contributed by atoms with van der Waals surface area (Å²) in [5.74, 6) is 1.25. The zero-order valence-corrected chi connectivity index (χ0v) is 16.8.